The van der Waals surface area contributed by atoms with Crippen LogP contribution in [-0.4, -0.2) is 28.5 Å². The van der Waals surface area contributed by atoms with Crippen molar-refractivity contribution < 1.29 is 14.3 Å². The van der Waals surface area contributed by atoms with Gasteiger partial charge in [-0.3, -0.25) is 19.0 Å². The Balaban J connectivity index is 1.64. The second-order valence-corrected chi connectivity index (χ2v) is 9.26. The zero-order valence-electron chi connectivity index (χ0n) is 20.1. The highest BCUT2D eigenvalue weighted by Gasteiger charge is 2.23. The summed E-state index contributed by atoms with van der Waals surface area (Å²) in [6, 6.07) is 12.0. The Bertz CT molecular complexity index is 1510. The third-order valence-corrected chi connectivity index (χ3v) is 7.30. The van der Waals surface area contributed by atoms with Crippen molar-refractivity contribution in [1.29, 1.82) is 0 Å². The summed E-state index contributed by atoms with van der Waals surface area (Å²) in [6.45, 7) is 7.26. The van der Waals surface area contributed by atoms with Gasteiger partial charge in [0.1, 0.15) is 16.6 Å². The van der Waals surface area contributed by atoms with Gasteiger partial charge < -0.3 is 15.4 Å². The van der Waals surface area contributed by atoms with E-state index in [9.17, 15) is 14.4 Å². The minimum absolute atomic E-state index is 0.328. The minimum Gasteiger partial charge on any atom is -0.495 e. The summed E-state index contributed by atoms with van der Waals surface area (Å²) in [5.74, 6) is -0.158. The smallest absolute Gasteiger partial charge is 0.266 e. The highest BCUT2D eigenvalue weighted by molar-refractivity contribution is 7.20. The number of methoxy groups -OCH3 is 1. The van der Waals surface area contributed by atoms with E-state index in [0.29, 0.717) is 37.8 Å². The molecule has 1 unspecified atom stereocenters. The molecule has 0 saturated carbocycles. The van der Waals surface area contributed by atoms with E-state index >= 15 is 0 Å². The van der Waals surface area contributed by atoms with E-state index in [1.54, 1.807) is 32.0 Å². The molecule has 2 heterocycles. The molecule has 1 atom stereocenters. The van der Waals surface area contributed by atoms with Crippen LogP contribution in [0.4, 0.5) is 11.4 Å². The Labute approximate surface area is 206 Å². The Morgan fingerprint density at radius 3 is 2.46 bits per heavy atom. The van der Waals surface area contributed by atoms with Crippen LogP contribution in [0.5, 0.6) is 5.75 Å². The van der Waals surface area contributed by atoms with Crippen molar-refractivity contribution in [2.45, 2.75) is 33.7 Å². The molecule has 0 saturated heterocycles. The van der Waals surface area contributed by atoms with Crippen molar-refractivity contribution in [1.82, 2.24) is 9.55 Å². The van der Waals surface area contributed by atoms with Gasteiger partial charge in [-0.25, -0.2) is 4.98 Å². The molecule has 8 nitrogen and oxygen atoms in total. The number of ether oxygens (including phenoxy) is 1. The van der Waals surface area contributed by atoms with Gasteiger partial charge in [-0.15, -0.1) is 11.3 Å². The first-order chi connectivity index (χ1) is 16.7. The van der Waals surface area contributed by atoms with Crippen molar-refractivity contribution >= 4 is 44.7 Å². The number of nitrogens with one attached hydrogen (secondary N) is 2. The lowest BCUT2D eigenvalue weighted by atomic mass is 10.1. The van der Waals surface area contributed by atoms with Crippen molar-refractivity contribution in [3.8, 4) is 5.75 Å². The second-order valence-electron chi connectivity index (χ2n) is 8.26. The van der Waals surface area contributed by atoms with Crippen LogP contribution in [0.2, 0.25) is 0 Å². The summed E-state index contributed by atoms with van der Waals surface area (Å²) < 4.78 is 6.59. The van der Waals surface area contributed by atoms with E-state index < -0.39 is 6.04 Å². The Morgan fingerprint density at radius 1 is 1.00 bits per heavy atom. The van der Waals surface area contributed by atoms with Gasteiger partial charge in [0, 0.05) is 5.69 Å². The zero-order valence-corrected chi connectivity index (χ0v) is 20.9. The number of aryl methyl sites for hydroxylation is 2. The fraction of sp³-hybridized carbons (Fsp3) is 0.231. The molecule has 0 bridgehead atoms. The van der Waals surface area contributed by atoms with Gasteiger partial charge in [-0.2, -0.15) is 0 Å². The van der Waals surface area contributed by atoms with E-state index in [4.69, 9.17) is 4.74 Å². The number of carbonyl (C=O) groups excluding carboxylic acids is 2. The van der Waals surface area contributed by atoms with Gasteiger partial charge in [0.2, 0.25) is 5.91 Å². The van der Waals surface area contributed by atoms with Gasteiger partial charge in [-0.05, 0) is 62.6 Å². The summed E-state index contributed by atoms with van der Waals surface area (Å²) in [6.07, 6.45) is 1.36. The van der Waals surface area contributed by atoms with Crippen LogP contribution in [0.3, 0.4) is 0 Å². The monoisotopic (exact) mass is 490 g/mol. The molecule has 9 heteroatoms. The summed E-state index contributed by atoms with van der Waals surface area (Å²) in [7, 11) is 1.53. The van der Waals surface area contributed by atoms with Crippen molar-refractivity contribution in [2.75, 3.05) is 17.7 Å². The molecule has 4 rings (SSSR count). The van der Waals surface area contributed by atoms with Crippen LogP contribution >= 0.6 is 11.3 Å². The fourth-order valence-corrected chi connectivity index (χ4v) is 4.84. The Morgan fingerprint density at radius 2 is 1.71 bits per heavy atom. The number of fused-ring (bicyclic) bond motifs is 1. The van der Waals surface area contributed by atoms with Crippen molar-refractivity contribution in [3.05, 3.63) is 80.7 Å². The summed E-state index contributed by atoms with van der Waals surface area (Å²) in [5.41, 5.74) is 3.40. The first kappa shape index (κ1) is 24.2. The van der Waals surface area contributed by atoms with Crippen molar-refractivity contribution in [2.24, 2.45) is 0 Å². The van der Waals surface area contributed by atoms with Gasteiger partial charge in [-0.1, -0.05) is 24.3 Å². The largest absolute Gasteiger partial charge is 0.495 e. The Kier molecular flexibility index (Phi) is 6.70. The number of nitrogens with zero attached hydrogens (tertiary/aromatic N) is 2. The van der Waals surface area contributed by atoms with Crippen molar-refractivity contribution in [3.63, 3.8) is 0 Å². The average Bonchev–Trinajstić information content (AvgIpc) is 3.19. The SMILES string of the molecule is COc1ccccc1NC(=O)c1sc2ncn(C(C)C(=O)Nc3cccc(C)c3C)c(=O)c2c1C. The minimum atomic E-state index is -0.801. The summed E-state index contributed by atoms with van der Waals surface area (Å²) in [4.78, 5) is 44.5. The van der Waals surface area contributed by atoms with Crippen LogP contribution < -0.4 is 20.9 Å². The molecule has 2 aromatic carbocycles. The third-order valence-electron chi connectivity index (χ3n) is 6.10. The number of carbonyl (C=O) groups is 2. The van der Waals surface area contributed by atoms with Crippen LogP contribution in [0, 0.1) is 20.8 Å². The number of thiophene rings is 1. The number of rotatable bonds is 6. The maximum absolute atomic E-state index is 13.4. The lowest BCUT2D eigenvalue weighted by Gasteiger charge is -2.16. The molecule has 0 spiro atoms. The van der Waals surface area contributed by atoms with E-state index in [-0.39, 0.29) is 17.4 Å². The number of amides is 2. The number of benzene rings is 2. The number of hydrogen-bond donors (Lipinski definition) is 2. The third kappa shape index (κ3) is 4.54. The number of aromatic nitrogens is 2. The first-order valence-electron chi connectivity index (χ1n) is 11.0. The number of hydrogen-bond acceptors (Lipinski definition) is 6. The van der Waals surface area contributed by atoms with Gasteiger partial charge in [0.05, 0.1) is 29.4 Å². The summed E-state index contributed by atoms with van der Waals surface area (Å²) >= 11 is 1.14. The highest BCUT2D eigenvalue weighted by atomic mass is 32.1. The maximum atomic E-state index is 13.4. The average molecular weight is 491 g/mol. The first-order valence-corrected chi connectivity index (χ1v) is 11.9. The molecule has 0 radical (unpaired) electrons. The Hall–Kier alpha value is -3.98. The zero-order chi connectivity index (χ0) is 25.3. The van der Waals surface area contributed by atoms with Crippen LogP contribution in [0.1, 0.15) is 39.3 Å². The van der Waals surface area contributed by atoms with Gasteiger partial charge in [0.25, 0.3) is 11.5 Å². The lowest BCUT2D eigenvalue weighted by Crippen LogP contribution is -2.32. The predicted molar refractivity (Wildman–Crippen MR) is 139 cm³/mol. The highest BCUT2D eigenvalue weighted by Crippen LogP contribution is 2.30. The fourth-order valence-electron chi connectivity index (χ4n) is 3.81. The number of anilines is 2. The van der Waals surface area contributed by atoms with E-state index in [1.807, 2.05) is 38.1 Å². The van der Waals surface area contributed by atoms with E-state index in [1.165, 1.54) is 18.0 Å². The topological polar surface area (TPSA) is 102 Å². The normalized spacial score (nSPS) is 11.8. The van der Waals surface area contributed by atoms with E-state index in [2.05, 4.69) is 15.6 Å². The molecule has 2 aromatic heterocycles. The standard InChI is InChI=1S/C26H26N4O4S/c1-14-9-8-11-18(15(14)2)28-23(31)17(4)30-13-27-25-21(26(30)33)16(3)22(35-25)24(32)29-19-10-6-7-12-20(19)34-5/h6-13,17H,1-5H3,(H,28,31)(H,29,32). The molecule has 4 aromatic rings. The van der Waals surface area contributed by atoms with Gasteiger partial charge >= 0.3 is 0 Å². The van der Waals surface area contributed by atoms with Gasteiger partial charge in [0.15, 0.2) is 0 Å². The summed E-state index contributed by atoms with van der Waals surface area (Å²) in [5, 5.41) is 6.07. The quantitative estimate of drug-likeness (QED) is 0.403. The van der Waals surface area contributed by atoms with Crippen LogP contribution in [-0.2, 0) is 4.79 Å². The molecule has 0 fully saturated rings. The predicted octanol–water partition coefficient (Wildman–Crippen LogP) is 4.84. The van der Waals surface area contributed by atoms with Crippen LogP contribution in [0.15, 0.2) is 53.6 Å². The molecule has 180 valence electrons. The molecule has 2 N–H and O–H groups in total. The van der Waals surface area contributed by atoms with E-state index in [0.717, 1.165) is 22.5 Å². The number of para-hydroxylation sites is 2. The molecular weight excluding hydrogens is 464 g/mol. The molecule has 2 amide bonds. The molecule has 35 heavy (non-hydrogen) atoms. The van der Waals surface area contributed by atoms with Crippen LogP contribution in [0.25, 0.3) is 10.2 Å². The maximum Gasteiger partial charge on any atom is 0.266 e. The molecule has 0 aliphatic carbocycles. The molecule has 0 aliphatic heterocycles. The second kappa shape index (κ2) is 9.71. The molecular formula is C26H26N4O4S. The lowest BCUT2D eigenvalue weighted by molar-refractivity contribution is -0.118. The molecule has 0 aliphatic rings.